The summed E-state index contributed by atoms with van der Waals surface area (Å²) in [5.41, 5.74) is 1.26. The molecule has 6 heteroatoms. The number of carbonyl (C=O) groups is 1. The fourth-order valence-corrected chi connectivity index (χ4v) is 3.36. The van der Waals surface area contributed by atoms with Crippen molar-refractivity contribution in [1.29, 1.82) is 0 Å². The summed E-state index contributed by atoms with van der Waals surface area (Å²) in [6.45, 7) is 0.384. The summed E-state index contributed by atoms with van der Waals surface area (Å²) in [6.07, 6.45) is 7.44. The van der Waals surface area contributed by atoms with Crippen molar-refractivity contribution in [3.63, 3.8) is 0 Å². The fourth-order valence-electron chi connectivity index (χ4n) is 3.16. The molecule has 1 amide bonds. The summed E-state index contributed by atoms with van der Waals surface area (Å²) in [4.78, 5) is 24.2. The molecule has 1 aromatic carbocycles. The molecule has 0 radical (unpaired) electrons. The van der Waals surface area contributed by atoms with Crippen LogP contribution in [-0.2, 0) is 16.1 Å². The second-order valence-electron chi connectivity index (χ2n) is 6.59. The highest BCUT2D eigenvalue weighted by Gasteiger charge is 2.15. The topological polar surface area (TPSA) is 60.3 Å². The van der Waals surface area contributed by atoms with Crippen LogP contribution in [0.5, 0.6) is 0 Å². The van der Waals surface area contributed by atoms with E-state index < -0.39 is 0 Å². The Morgan fingerprint density at radius 3 is 2.69 bits per heavy atom. The molecule has 1 heterocycles. The summed E-state index contributed by atoms with van der Waals surface area (Å²) >= 11 is 6.16. The highest BCUT2D eigenvalue weighted by molar-refractivity contribution is 6.31. The molecule has 0 spiro atoms. The minimum absolute atomic E-state index is 0.0360. The molecule has 1 N–H and O–H groups in total. The van der Waals surface area contributed by atoms with Crippen molar-refractivity contribution in [3.8, 4) is 0 Å². The van der Waals surface area contributed by atoms with E-state index >= 15 is 0 Å². The average Bonchev–Trinajstić information content (AvgIpc) is 2.65. The molecule has 1 aromatic heterocycles. The predicted molar refractivity (Wildman–Crippen MR) is 103 cm³/mol. The minimum Gasteiger partial charge on any atom is -0.368 e. The average molecular weight is 375 g/mol. The highest BCUT2D eigenvalue weighted by Crippen LogP contribution is 2.20. The predicted octanol–water partition coefficient (Wildman–Crippen LogP) is 3.84. The number of ether oxygens (including phenoxy) is 1. The Balaban J connectivity index is 1.60. The lowest BCUT2D eigenvalue weighted by molar-refractivity contribution is -0.123. The number of hydrogen-bond donors (Lipinski definition) is 1. The van der Waals surface area contributed by atoms with Gasteiger partial charge in [0, 0.05) is 17.3 Å². The molecular weight excluding hydrogens is 352 g/mol. The van der Waals surface area contributed by atoms with Gasteiger partial charge in [-0.1, -0.05) is 49.1 Å². The normalized spacial score (nSPS) is 15.0. The quantitative estimate of drug-likeness (QED) is 0.835. The lowest BCUT2D eigenvalue weighted by Gasteiger charge is -2.21. The van der Waals surface area contributed by atoms with Crippen LogP contribution >= 0.6 is 11.6 Å². The number of rotatable bonds is 6. The van der Waals surface area contributed by atoms with Crippen LogP contribution in [0.4, 0.5) is 5.69 Å². The third kappa shape index (κ3) is 5.19. The maximum absolute atomic E-state index is 12.1. The van der Waals surface area contributed by atoms with Crippen molar-refractivity contribution < 1.29 is 9.53 Å². The lowest BCUT2D eigenvalue weighted by Crippen LogP contribution is -2.26. The molecule has 0 saturated heterocycles. The van der Waals surface area contributed by atoms with Crippen LogP contribution in [0.3, 0.4) is 0 Å². The molecule has 1 fully saturated rings. The number of halogens is 1. The van der Waals surface area contributed by atoms with Gasteiger partial charge in [0.25, 0.3) is 5.56 Å². The summed E-state index contributed by atoms with van der Waals surface area (Å²) in [5.74, 6) is -0.210. The van der Waals surface area contributed by atoms with Gasteiger partial charge in [-0.15, -0.1) is 0 Å². The van der Waals surface area contributed by atoms with Gasteiger partial charge in [-0.25, -0.2) is 0 Å². The first-order valence-corrected chi connectivity index (χ1v) is 9.35. The Morgan fingerprint density at radius 1 is 1.15 bits per heavy atom. The largest absolute Gasteiger partial charge is 0.368 e. The molecule has 2 aromatic rings. The first kappa shape index (κ1) is 18.7. The van der Waals surface area contributed by atoms with E-state index in [-0.39, 0.29) is 24.2 Å². The van der Waals surface area contributed by atoms with Crippen LogP contribution in [0.2, 0.25) is 5.02 Å². The summed E-state index contributed by atoms with van der Waals surface area (Å²) in [5, 5.41) is 3.40. The molecule has 3 rings (SSSR count). The van der Waals surface area contributed by atoms with Crippen LogP contribution < -0.4 is 10.9 Å². The number of nitrogens with one attached hydrogen (secondary N) is 1. The van der Waals surface area contributed by atoms with Crippen molar-refractivity contribution >= 4 is 23.2 Å². The van der Waals surface area contributed by atoms with Crippen LogP contribution in [0.25, 0.3) is 0 Å². The zero-order valence-corrected chi connectivity index (χ0v) is 15.4. The first-order valence-electron chi connectivity index (χ1n) is 8.97. The number of aromatic nitrogens is 1. The zero-order valence-electron chi connectivity index (χ0n) is 14.6. The lowest BCUT2D eigenvalue weighted by atomic mass is 9.98. The first-order chi connectivity index (χ1) is 12.6. The maximum Gasteiger partial charge on any atom is 0.250 e. The SMILES string of the molecule is O=C(COC1CCCCC1)Nc1ccc(=O)n(Cc2ccccc2Cl)c1. The van der Waals surface area contributed by atoms with E-state index in [9.17, 15) is 9.59 Å². The van der Waals surface area contributed by atoms with Gasteiger partial charge in [0.05, 0.1) is 18.3 Å². The Kier molecular flexibility index (Phi) is 6.47. The van der Waals surface area contributed by atoms with E-state index in [4.69, 9.17) is 16.3 Å². The number of anilines is 1. The Labute approximate surface area is 157 Å². The number of pyridine rings is 1. The van der Waals surface area contributed by atoms with Crippen molar-refractivity contribution in [2.75, 3.05) is 11.9 Å². The number of amides is 1. The van der Waals surface area contributed by atoms with Crippen molar-refractivity contribution in [2.45, 2.75) is 44.8 Å². The standard InChI is InChI=1S/C20H23ClN2O3/c21-18-9-5-4-6-15(18)12-23-13-16(10-11-20(23)25)22-19(24)14-26-17-7-2-1-3-8-17/h4-6,9-11,13,17H,1-3,7-8,12,14H2,(H,22,24). The molecule has 0 bridgehead atoms. The second-order valence-corrected chi connectivity index (χ2v) is 7.00. The van der Waals surface area contributed by atoms with Gasteiger partial charge >= 0.3 is 0 Å². The summed E-state index contributed by atoms with van der Waals surface area (Å²) in [6, 6.07) is 10.4. The van der Waals surface area contributed by atoms with Gasteiger partial charge in [-0.05, 0) is 30.5 Å². The number of benzene rings is 1. The Bertz CT molecular complexity index is 813. The molecule has 0 unspecified atom stereocenters. The third-order valence-corrected chi connectivity index (χ3v) is 4.94. The zero-order chi connectivity index (χ0) is 18.4. The van der Waals surface area contributed by atoms with Crippen LogP contribution in [0, 0.1) is 0 Å². The van der Waals surface area contributed by atoms with Crippen molar-refractivity contribution in [3.05, 3.63) is 63.5 Å². The fraction of sp³-hybridized carbons (Fsp3) is 0.400. The summed E-state index contributed by atoms with van der Waals surface area (Å²) in [7, 11) is 0. The van der Waals surface area contributed by atoms with Crippen LogP contribution in [-0.4, -0.2) is 23.2 Å². The van der Waals surface area contributed by atoms with E-state index in [1.54, 1.807) is 18.3 Å². The smallest absolute Gasteiger partial charge is 0.250 e. The van der Waals surface area contributed by atoms with Crippen LogP contribution in [0.1, 0.15) is 37.7 Å². The van der Waals surface area contributed by atoms with Gasteiger partial charge in [-0.2, -0.15) is 0 Å². The van der Waals surface area contributed by atoms with Crippen molar-refractivity contribution in [1.82, 2.24) is 4.57 Å². The second kappa shape index (κ2) is 9.01. The van der Waals surface area contributed by atoms with E-state index in [1.165, 1.54) is 29.9 Å². The molecular formula is C20H23ClN2O3. The Hall–Kier alpha value is -2.11. The minimum atomic E-state index is -0.210. The molecule has 1 aliphatic rings. The molecule has 1 aliphatic carbocycles. The monoisotopic (exact) mass is 374 g/mol. The summed E-state index contributed by atoms with van der Waals surface area (Å²) < 4.78 is 7.21. The molecule has 5 nitrogen and oxygen atoms in total. The molecule has 138 valence electrons. The molecule has 26 heavy (non-hydrogen) atoms. The van der Waals surface area contributed by atoms with Crippen molar-refractivity contribution in [2.24, 2.45) is 0 Å². The van der Waals surface area contributed by atoms with E-state index in [0.717, 1.165) is 18.4 Å². The number of carbonyl (C=O) groups excluding carboxylic acids is 1. The van der Waals surface area contributed by atoms with Gasteiger partial charge in [0.1, 0.15) is 6.61 Å². The van der Waals surface area contributed by atoms with Gasteiger partial charge in [0.15, 0.2) is 0 Å². The van der Waals surface area contributed by atoms with E-state index in [2.05, 4.69) is 5.32 Å². The van der Waals surface area contributed by atoms with Crippen LogP contribution in [0.15, 0.2) is 47.4 Å². The molecule has 0 aliphatic heterocycles. The highest BCUT2D eigenvalue weighted by atomic mass is 35.5. The van der Waals surface area contributed by atoms with E-state index in [1.807, 2.05) is 18.2 Å². The number of hydrogen-bond acceptors (Lipinski definition) is 3. The third-order valence-electron chi connectivity index (χ3n) is 4.57. The molecule has 1 saturated carbocycles. The van der Waals surface area contributed by atoms with Gasteiger partial charge < -0.3 is 14.6 Å². The van der Waals surface area contributed by atoms with E-state index in [0.29, 0.717) is 17.3 Å². The van der Waals surface area contributed by atoms with Gasteiger partial charge in [0.2, 0.25) is 5.91 Å². The van der Waals surface area contributed by atoms with Gasteiger partial charge in [-0.3, -0.25) is 9.59 Å². The number of nitrogens with zero attached hydrogens (tertiary/aromatic N) is 1. The Morgan fingerprint density at radius 2 is 1.92 bits per heavy atom. The molecule has 0 atom stereocenters. The maximum atomic E-state index is 12.1.